The normalized spacial score (nSPS) is 16.7. The van der Waals surface area contributed by atoms with Gasteiger partial charge in [-0.3, -0.25) is 9.89 Å². The molecule has 0 saturated carbocycles. The molecule has 4 rings (SSSR count). The summed E-state index contributed by atoms with van der Waals surface area (Å²) in [5.74, 6) is 1.36. The lowest BCUT2D eigenvalue weighted by molar-refractivity contribution is 0.0772. The smallest absolute Gasteiger partial charge is 0.254 e. The van der Waals surface area contributed by atoms with Crippen molar-refractivity contribution in [1.82, 2.24) is 20.1 Å². The lowest BCUT2D eigenvalue weighted by atomic mass is 10.1. The molecule has 1 N–H and O–H groups in total. The molecule has 1 aliphatic heterocycles. The number of aromatic amines is 1. The first kappa shape index (κ1) is 16.6. The van der Waals surface area contributed by atoms with Crippen LogP contribution in [0.15, 0.2) is 54.9 Å². The van der Waals surface area contributed by atoms with E-state index in [0.717, 1.165) is 17.7 Å². The summed E-state index contributed by atoms with van der Waals surface area (Å²) >= 11 is 5.99. The van der Waals surface area contributed by atoms with Crippen LogP contribution in [0.2, 0.25) is 5.02 Å². The largest absolute Gasteiger partial charge is 0.488 e. The molecule has 0 spiro atoms. The number of likely N-dealkylation sites (tertiary alicyclic amines) is 1. The van der Waals surface area contributed by atoms with E-state index in [1.165, 1.54) is 6.33 Å². The van der Waals surface area contributed by atoms with E-state index in [9.17, 15) is 4.79 Å². The molecular formula is C19H17ClN4O2. The molecule has 3 aromatic rings. The summed E-state index contributed by atoms with van der Waals surface area (Å²) < 4.78 is 5.95. The number of carbonyl (C=O) groups is 1. The molecule has 1 aromatic heterocycles. The Balaban J connectivity index is 1.44. The van der Waals surface area contributed by atoms with Crippen LogP contribution in [0.3, 0.4) is 0 Å². The van der Waals surface area contributed by atoms with Crippen molar-refractivity contribution in [3.63, 3.8) is 0 Å². The van der Waals surface area contributed by atoms with Crippen molar-refractivity contribution in [2.75, 3.05) is 13.1 Å². The Bertz CT molecular complexity index is 913. The zero-order valence-corrected chi connectivity index (χ0v) is 14.7. The van der Waals surface area contributed by atoms with Crippen LogP contribution < -0.4 is 4.74 Å². The van der Waals surface area contributed by atoms with Gasteiger partial charge in [0, 0.05) is 29.1 Å². The number of amides is 1. The molecule has 7 heteroatoms. The highest BCUT2D eigenvalue weighted by Crippen LogP contribution is 2.23. The zero-order valence-electron chi connectivity index (χ0n) is 13.9. The second-order valence-corrected chi connectivity index (χ2v) is 6.59. The standard InChI is InChI=1S/C19H17ClN4O2/c20-15-5-2-6-16(10-15)26-17-7-8-24(11-17)19(25)14-4-1-3-13(9-14)18-21-12-22-23-18/h1-6,9-10,12,17H,7-8,11H2,(H,21,22,23). The average molecular weight is 369 g/mol. The molecule has 1 aliphatic rings. The topological polar surface area (TPSA) is 71.1 Å². The van der Waals surface area contributed by atoms with Gasteiger partial charge in [0.05, 0.1) is 6.54 Å². The van der Waals surface area contributed by atoms with Crippen molar-refractivity contribution in [2.45, 2.75) is 12.5 Å². The minimum atomic E-state index is -0.0325. The summed E-state index contributed by atoms with van der Waals surface area (Å²) in [5, 5.41) is 7.30. The van der Waals surface area contributed by atoms with Crippen molar-refractivity contribution in [3.8, 4) is 17.1 Å². The highest BCUT2D eigenvalue weighted by molar-refractivity contribution is 6.30. The minimum absolute atomic E-state index is 0.0106. The molecule has 2 heterocycles. The summed E-state index contributed by atoms with van der Waals surface area (Å²) in [4.78, 5) is 18.8. The van der Waals surface area contributed by atoms with Crippen LogP contribution in [-0.4, -0.2) is 45.2 Å². The molecule has 1 unspecified atom stereocenters. The molecule has 1 fully saturated rings. The van der Waals surface area contributed by atoms with Crippen LogP contribution in [0.25, 0.3) is 11.4 Å². The summed E-state index contributed by atoms with van der Waals surface area (Å²) in [6, 6.07) is 14.7. The lowest BCUT2D eigenvalue weighted by Crippen LogP contribution is -2.30. The maximum absolute atomic E-state index is 12.8. The number of H-pyrrole nitrogens is 1. The van der Waals surface area contributed by atoms with Gasteiger partial charge >= 0.3 is 0 Å². The Labute approximate surface area is 155 Å². The van der Waals surface area contributed by atoms with Crippen molar-refractivity contribution in [2.24, 2.45) is 0 Å². The van der Waals surface area contributed by atoms with Crippen LogP contribution in [0.5, 0.6) is 5.75 Å². The molecular weight excluding hydrogens is 352 g/mol. The number of rotatable bonds is 4. The highest BCUT2D eigenvalue weighted by atomic mass is 35.5. The summed E-state index contributed by atoms with van der Waals surface area (Å²) in [7, 11) is 0. The monoisotopic (exact) mass is 368 g/mol. The van der Waals surface area contributed by atoms with Gasteiger partial charge in [-0.2, -0.15) is 5.10 Å². The van der Waals surface area contributed by atoms with Gasteiger partial charge in [0.15, 0.2) is 5.82 Å². The van der Waals surface area contributed by atoms with E-state index >= 15 is 0 Å². The molecule has 1 atom stereocenters. The summed E-state index contributed by atoms with van der Waals surface area (Å²) in [6.45, 7) is 1.22. The van der Waals surface area contributed by atoms with Crippen molar-refractivity contribution in [1.29, 1.82) is 0 Å². The zero-order chi connectivity index (χ0) is 17.9. The van der Waals surface area contributed by atoms with Crippen molar-refractivity contribution < 1.29 is 9.53 Å². The molecule has 2 aromatic carbocycles. The summed E-state index contributed by atoms with van der Waals surface area (Å²) in [5.41, 5.74) is 1.46. The van der Waals surface area contributed by atoms with E-state index < -0.39 is 0 Å². The SMILES string of the molecule is O=C(c1cccc(-c2ncn[nH]2)c1)N1CCC(Oc2cccc(Cl)c2)C1. The third-order valence-corrected chi connectivity index (χ3v) is 4.56. The molecule has 1 amide bonds. The van der Waals surface area contributed by atoms with Crippen molar-refractivity contribution in [3.05, 3.63) is 65.4 Å². The van der Waals surface area contributed by atoms with Crippen LogP contribution in [0.1, 0.15) is 16.8 Å². The molecule has 0 bridgehead atoms. The van der Waals surface area contributed by atoms with Gasteiger partial charge in [0.25, 0.3) is 5.91 Å². The van der Waals surface area contributed by atoms with Crippen LogP contribution in [-0.2, 0) is 0 Å². The number of halogens is 1. The van der Waals surface area contributed by atoms with Gasteiger partial charge in [0.1, 0.15) is 18.2 Å². The Hall–Kier alpha value is -2.86. The number of carbonyl (C=O) groups excluding carboxylic acids is 1. The Morgan fingerprint density at radius 3 is 2.92 bits per heavy atom. The number of benzene rings is 2. The average Bonchev–Trinajstić information content (AvgIpc) is 3.33. The minimum Gasteiger partial charge on any atom is -0.488 e. The number of hydrogen-bond acceptors (Lipinski definition) is 4. The van der Waals surface area contributed by atoms with Crippen LogP contribution >= 0.6 is 11.6 Å². The first-order chi connectivity index (χ1) is 12.7. The molecule has 0 aliphatic carbocycles. The van der Waals surface area contributed by atoms with Crippen LogP contribution in [0.4, 0.5) is 0 Å². The van der Waals surface area contributed by atoms with E-state index in [-0.39, 0.29) is 12.0 Å². The second kappa shape index (κ2) is 7.17. The quantitative estimate of drug-likeness (QED) is 0.766. The first-order valence-corrected chi connectivity index (χ1v) is 8.74. The van der Waals surface area contributed by atoms with Gasteiger partial charge < -0.3 is 9.64 Å². The predicted molar refractivity (Wildman–Crippen MR) is 98.2 cm³/mol. The predicted octanol–water partition coefficient (Wildman–Crippen LogP) is 3.42. The number of aromatic nitrogens is 3. The number of ether oxygens (including phenoxy) is 1. The van der Waals surface area contributed by atoms with E-state index in [0.29, 0.717) is 29.5 Å². The third-order valence-electron chi connectivity index (χ3n) is 4.33. The fourth-order valence-corrected chi connectivity index (χ4v) is 3.25. The molecule has 6 nitrogen and oxygen atoms in total. The first-order valence-electron chi connectivity index (χ1n) is 8.36. The fraction of sp³-hybridized carbons (Fsp3) is 0.211. The maximum Gasteiger partial charge on any atom is 0.254 e. The van der Waals surface area contributed by atoms with Crippen LogP contribution in [0, 0.1) is 0 Å². The summed E-state index contributed by atoms with van der Waals surface area (Å²) in [6.07, 6.45) is 2.21. The van der Waals surface area contributed by atoms with Gasteiger partial charge in [-0.05, 0) is 30.3 Å². The molecule has 0 radical (unpaired) electrons. The van der Waals surface area contributed by atoms with E-state index in [1.54, 1.807) is 12.1 Å². The van der Waals surface area contributed by atoms with Gasteiger partial charge in [-0.1, -0.05) is 29.8 Å². The molecule has 26 heavy (non-hydrogen) atoms. The number of hydrogen-bond donors (Lipinski definition) is 1. The third kappa shape index (κ3) is 3.55. The maximum atomic E-state index is 12.8. The Morgan fingerprint density at radius 1 is 1.23 bits per heavy atom. The molecule has 132 valence electrons. The number of nitrogens with zero attached hydrogens (tertiary/aromatic N) is 3. The highest BCUT2D eigenvalue weighted by Gasteiger charge is 2.28. The van der Waals surface area contributed by atoms with Gasteiger partial charge in [0.2, 0.25) is 0 Å². The van der Waals surface area contributed by atoms with E-state index in [1.807, 2.05) is 41.3 Å². The van der Waals surface area contributed by atoms with Crippen molar-refractivity contribution >= 4 is 17.5 Å². The lowest BCUT2D eigenvalue weighted by Gasteiger charge is -2.17. The second-order valence-electron chi connectivity index (χ2n) is 6.15. The van der Waals surface area contributed by atoms with Gasteiger partial charge in [-0.15, -0.1) is 0 Å². The Morgan fingerprint density at radius 2 is 2.12 bits per heavy atom. The number of nitrogens with one attached hydrogen (secondary N) is 1. The fourth-order valence-electron chi connectivity index (χ4n) is 3.07. The van der Waals surface area contributed by atoms with E-state index in [2.05, 4.69) is 15.2 Å². The Kier molecular flexibility index (Phi) is 4.58. The van der Waals surface area contributed by atoms with E-state index in [4.69, 9.17) is 16.3 Å². The van der Waals surface area contributed by atoms with Gasteiger partial charge in [-0.25, -0.2) is 4.98 Å². The molecule has 1 saturated heterocycles.